The summed E-state index contributed by atoms with van der Waals surface area (Å²) < 4.78 is 35.2. The van der Waals surface area contributed by atoms with E-state index in [2.05, 4.69) is 4.72 Å². The molecule has 0 fully saturated rings. The molecule has 1 aromatic carbocycles. The van der Waals surface area contributed by atoms with E-state index in [0.29, 0.717) is 29.3 Å². The first-order chi connectivity index (χ1) is 12.5. The summed E-state index contributed by atoms with van der Waals surface area (Å²) in [4.78, 5) is 12.2. The second-order valence-electron chi connectivity index (χ2n) is 5.68. The summed E-state index contributed by atoms with van der Waals surface area (Å²) in [7, 11) is -3.59. The highest BCUT2D eigenvalue weighted by molar-refractivity contribution is 7.98. The highest BCUT2D eigenvalue weighted by atomic mass is 32.2. The van der Waals surface area contributed by atoms with Gasteiger partial charge in [0.1, 0.15) is 5.76 Å². The molecule has 140 valence electrons. The predicted molar refractivity (Wildman–Crippen MR) is 106 cm³/mol. The summed E-state index contributed by atoms with van der Waals surface area (Å²) in [5, 5.41) is 0. The van der Waals surface area contributed by atoms with Crippen LogP contribution >= 0.6 is 23.1 Å². The van der Waals surface area contributed by atoms with Gasteiger partial charge in [0.15, 0.2) is 0 Å². The topological polar surface area (TPSA) is 81.3 Å². The number of thiazole rings is 1. The van der Waals surface area contributed by atoms with Crippen LogP contribution in [0.5, 0.6) is 0 Å². The number of aryl methyl sites for hydroxylation is 1. The number of furan rings is 1. The molecule has 0 aliphatic carbocycles. The summed E-state index contributed by atoms with van der Waals surface area (Å²) in [6.07, 6.45) is 2.47. The van der Waals surface area contributed by atoms with Gasteiger partial charge in [-0.25, -0.2) is 13.1 Å². The van der Waals surface area contributed by atoms with Gasteiger partial charge in [0.2, 0.25) is 10.0 Å². The van der Waals surface area contributed by atoms with E-state index < -0.39 is 10.0 Å². The van der Waals surface area contributed by atoms with E-state index in [0.717, 1.165) is 29.0 Å². The van der Waals surface area contributed by atoms with Crippen molar-refractivity contribution >= 4 is 43.3 Å². The SMILES string of the molecule is CCCn1c(=O)sc2cc(S(=O)(=O)NCCSCc3ccco3)ccc21. The summed E-state index contributed by atoms with van der Waals surface area (Å²) in [6.45, 7) is 2.97. The quantitative estimate of drug-likeness (QED) is 0.546. The van der Waals surface area contributed by atoms with E-state index in [1.165, 1.54) is 0 Å². The molecule has 2 heterocycles. The number of hydrogen-bond donors (Lipinski definition) is 1. The van der Waals surface area contributed by atoms with Gasteiger partial charge in [0.25, 0.3) is 0 Å². The van der Waals surface area contributed by atoms with Crippen LogP contribution < -0.4 is 9.60 Å². The molecule has 0 saturated carbocycles. The van der Waals surface area contributed by atoms with Crippen molar-refractivity contribution in [2.75, 3.05) is 12.3 Å². The number of sulfonamides is 1. The minimum atomic E-state index is -3.59. The molecule has 0 aliphatic rings. The summed E-state index contributed by atoms with van der Waals surface area (Å²) in [6, 6.07) is 8.56. The number of rotatable bonds is 9. The number of thioether (sulfide) groups is 1. The molecule has 2 aromatic heterocycles. The third-order valence-electron chi connectivity index (χ3n) is 3.76. The van der Waals surface area contributed by atoms with Crippen LogP contribution in [0.2, 0.25) is 0 Å². The summed E-state index contributed by atoms with van der Waals surface area (Å²) >= 11 is 2.68. The lowest BCUT2D eigenvalue weighted by Crippen LogP contribution is -2.26. The Morgan fingerprint density at radius 2 is 2.15 bits per heavy atom. The molecule has 0 unspecified atom stereocenters. The smallest absolute Gasteiger partial charge is 0.308 e. The summed E-state index contributed by atoms with van der Waals surface area (Å²) in [5.74, 6) is 2.22. The number of fused-ring (bicyclic) bond motifs is 1. The molecule has 0 saturated heterocycles. The fourth-order valence-electron chi connectivity index (χ4n) is 2.55. The van der Waals surface area contributed by atoms with Crippen LogP contribution in [-0.4, -0.2) is 25.3 Å². The Bertz CT molecular complexity index is 1020. The molecule has 0 radical (unpaired) electrons. The monoisotopic (exact) mass is 412 g/mol. The predicted octanol–water partition coefficient (Wildman–Crippen LogP) is 3.28. The van der Waals surface area contributed by atoms with Gasteiger partial charge in [-0.2, -0.15) is 11.8 Å². The Hall–Kier alpha value is -1.55. The van der Waals surface area contributed by atoms with Gasteiger partial charge in [0.05, 0.1) is 27.1 Å². The fraction of sp³-hybridized carbons (Fsp3) is 0.353. The van der Waals surface area contributed by atoms with Crippen LogP contribution in [0, 0.1) is 0 Å². The second-order valence-corrected chi connectivity index (χ2v) is 9.54. The van der Waals surface area contributed by atoms with Crippen LogP contribution in [0.3, 0.4) is 0 Å². The first-order valence-electron chi connectivity index (χ1n) is 8.24. The van der Waals surface area contributed by atoms with E-state index in [1.54, 1.807) is 40.8 Å². The fourth-order valence-corrected chi connectivity index (χ4v) is 5.52. The van der Waals surface area contributed by atoms with Crippen LogP contribution in [-0.2, 0) is 22.3 Å². The summed E-state index contributed by atoms with van der Waals surface area (Å²) in [5.41, 5.74) is 0.787. The molecule has 3 rings (SSSR count). The van der Waals surface area contributed by atoms with Crippen molar-refractivity contribution in [1.82, 2.24) is 9.29 Å². The Morgan fingerprint density at radius 3 is 2.88 bits per heavy atom. The molecule has 1 N–H and O–H groups in total. The number of nitrogens with one attached hydrogen (secondary N) is 1. The first-order valence-corrected chi connectivity index (χ1v) is 11.7. The van der Waals surface area contributed by atoms with E-state index in [9.17, 15) is 13.2 Å². The highest BCUT2D eigenvalue weighted by Gasteiger charge is 2.16. The van der Waals surface area contributed by atoms with Gasteiger partial charge in [-0.3, -0.25) is 9.36 Å². The van der Waals surface area contributed by atoms with Gasteiger partial charge < -0.3 is 4.42 Å². The number of aromatic nitrogens is 1. The largest absolute Gasteiger partial charge is 0.468 e. The standard InChI is InChI=1S/C17H20N2O4S3/c1-2-8-19-15-6-5-14(11-16(15)25-17(19)20)26(21,22)18-7-10-24-12-13-4-3-9-23-13/h3-6,9,11,18H,2,7-8,10,12H2,1H3. The maximum absolute atomic E-state index is 12.5. The molecule has 0 spiro atoms. The van der Waals surface area contributed by atoms with Crippen molar-refractivity contribution in [3.8, 4) is 0 Å². The average Bonchev–Trinajstić information content (AvgIpc) is 3.22. The maximum atomic E-state index is 12.5. The Labute approximate surface area is 160 Å². The van der Waals surface area contributed by atoms with Crippen molar-refractivity contribution in [2.24, 2.45) is 0 Å². The number of hydrogen-bond acceptors (Lipinski definition) is 6. The van der Waals surface area contributed by atoms with Crippen molar-refractivity contribution < 1.29 is 12.8 Å². The van der Waals surface area contributed by atoms with Crippen LogP contribution in [0.15, 0.2) is 50.7 Å². The van der Waals surface area contributed by atoms with Crippen molar-refractivity contribution in [3.05, 3.63) is 52.0 Å². The van der Waals surface area contributed by atoms with E-state index in [1.807, 2.05) is 19.1 Å². The highest BCUT2D eigenvalue weighted by Crippen LogP contribution is 2.22. The zero-order valence-electron chi connectivity index (χ0n) is 14.3. The molecule has 26 heavy (non-hydrogen) atoms. The second kappa shape index (κ2) is 8.43. The van der Waals surface area contributed by atoms with Crippen molar-refractivity contribution in [1.29, 1.82) is 0 Å². The molecule has 6 nitrogen and oxygen atoms in total. The molecule has 0 aliphatic heterocycles. The third-order valence-corrected chi connectivity index (χ3v) is 7.14. The third kappa shape index (κ3) is 4.40. The van der Waals surface area contributed by atoms with Crippen LogP contribution in [0.4, 0.5) is 0 Å². The first kappa shape index (κ1) is 19.2. The minimum Gasteiger partial charge on any atom is -0.468 e. The molecular weight excluding hydrogens is 392 g/mol. The van der Waals surface area contributed by atoms with Gasteiger partial charge in [0, 0.05) is 18.8 Å². The molecule has 3 aromatic rings. The Balaban J connectivity index is 1.64. The normalized spacial score (nSPS) is 12.0. The van der Waals surface area contributed by atoms with Gasteiger partial charge in [-0.05, 0) is 36.8 Å². The Morgan fingerprint density at radius 1 is 1.31 bits per heavy atom. The van der Waals surface area contributed by atoms with E-state index >= 15 is 0 Å². The maximum Gasteiger partial charge on any atom is 0.308 e. The van der Waals surface area contributed by atoms with Crippen LogP contribution in [0.1, 0.15) is 19.1 Å². The Kier molecular flexibility index (Phi) is 6.23. The van der Waals surface area contributed by atoms with Crippen molar-refractivity contribution in [3.63, 3.8) is 0 Å². The minimum absolute atomic E-state index is 0.0568. The van der Waals surface area contributed by atoms with Gasteiger partial charge in [-0.1, -0.05) is 18.3 Å². The lowest BCUT2D eigenvalue weighted by atomic mass is 10.3. The molecule has 0 amide bonds. The van der Waals surface area contributed by atoms with Gasteiger partial charge in [-0.15, -0.1) is 0 Å². The average molecular weight is 413 g/mol. The van der Waals surface area contributed by atoms with Crippen LogP contribution in [0.25, 0.3) is 10.2 Å². The van der Waals surface area contributed by atoms with Crippen molar-refractivity contribution in [2.45, 2.75) is 30.5 Å². The van der Waals surface area contributed by atoms with E-state index in [4.69, 9.17) is 4.42 Å². The molecular formula is C17H20N2O4S3. The van der Waals surface area contributed by atoms with E-state index in [-0.39, 0.29) is 9.77 Å². The molecule has 0 atom stereocenters. The number of nitrogens with zero attached hydrogens (tertiary/aromatic N) is 1. The lowest BCUT2D eigenvalue weighted by Gasteiger charge is -2.07. The lowest BCUT2D eigenvalue weighted by molar-refractivity contribution is 0.530. The number of benzene rings is 1. The molecule has 9 heteroatoms. The van der Waals surface area contributed by atoms with Gasteiger partial charge >= 0.3 is 4.87 Å². The zero-order valence-corrected chi connectivity index (χ0v) is 16.8. The molecule has 0 bridgehead atoms. The zero-order chi connectivity index (χ0) is 18.6.